The van der Waals surface area contributed by atoms with E-state index in [1.165, 1.54) is 0 Å². The molecule has 1 N–H and O–H groups in total. The van der Waals surface area contributed by atoms with Crippen molar-refractivity contribution in [3.63, 3.8) is 0 Å². The Morgan fingerprint density at radius 2 is 2.25 bits per heavy atom. The molecule has 0 aromatic carbocycles. The first kappa shape index (κ1) is 11.6. The third-order valence-corrected chi connectivity index (χ3v) is 1.94. The van der Waals surface area contributed by atoms with Gasteiger partial charge in [-0.3, -0.25) is 4.79 Å². The molecule has 72 valence electrons. The highest BCUT2D eigenvalue weighted by Crippen LogP contribution is 2.00. The van der Waals surface area contributed by atoms with Crippen LogP contribution in [0.15, 0.2) is 0 Å². The maximum absolute atomic E-state index is 11.2. The number of hydrogen-bond acceptors (Lipinski definition) is 3. The summed E-state index contributed by atoms with van der Waals surface area (Å²) in [5.41, 5.74) is 0. The highest BCUT2D eigenvalue weighted by molar-refractivity contribution is 5.82. The molecule has 3 heteroatoms. The zero-order chi connectivity index (χ0) is 9.40. The molecule has 0 saturated heterocycles. The molecule has 0 rings (SSSR count). The van der Waals surface area contributed by atoms with Crippen LogP contribution in [0.2, 0.25) is 0 Å². The lowest BCUT2D eigenvalue weighted by Crippen LogP contribution is -2.29. The Balaban J connectivity index is 3.31. The van der Waals surface area contributed by atoms with Crippen molar-refractivity contribution in [2.75, 3.05) is 26.8 Å². The highest BCUT2D eigenvalue weighted by Gasteiger charge is 2.08. The minimum Gasteiger partial charge on any atom is -0.383 e. The Bertz CT molecular complexity index is 126. The molecule has 0 saturated carbocycles. The summed E-state index contributed by atoms with van der Waals surface area (Å²) >= 11 is 0. The molecule has 0 radical (unpaired) electrons. The molecule has 0 aromatic rings. The van der Waals surface area contributed by atoms with Crippen LogP contribution in [0.1, 0.15) is 20.3 Å². The van der Waals surface area contributed by atoms with Crippen molar-refractivity contribution in [2.45, 2.75) is 20.3 Å². The van der Waals surface area contributed by atoms with Gasteiger partial charge in [0.2, 0.25) is 0 Å². The number of rotatable bonds is 7. The Morgan fingerprint density at radius 3 is 2.75 bits per heavy atom. The standard InChI is InChI=1S/C9H19NO2/c1-4-8(2)9(11)7-10-5-6-12-3/h8,10H,4-7H2,1-3H3. The van der Waals surface area contributed by atoms with Crippen LogP contribution in [0, 0.1) is 5.92 Å². The molecule has 0 fully saturated rings. The largest absolute Gasteiger partial charge is 0.383 e. The van der Waals surface area contributed by atoms with Crippen LogP contribution in [0.3, 0.4) is 0 Å². The third kappa shape index (κ3) is 5.27. The fourth-order valence-electron chi connectivity index (χ4n) is 0.788. The Hall–Kier alpha value is -0.410. The van der Waals surface area contributed by atoms with Crippen molar-refractivity contribution in [3.8, 4) is 0 Å². The fourth-order valence-corrected chi connectivity index (χ4v) is 0.788. The zero-order valence-corrected chi connectivity index (χ0v) is 8.22. The minimum atomic E-state index is 0.181. The van der Waals surface area contributed by atoms with Gasteiger partial charge >= 0.3 is 0 Å². The van der Waals surface area contributed by atoms with E-state index >= 15 is 0 Å². The van der Waals surface area contributed by atoms with E-state index in [4.69, 9.17) is 4.74 Å². The Kier molecular flexibility index (Phi) is 7.00. The van der Waals surface area contributed by atoms with E-state index in [2.05, 4.69) is 5.32 Å². The molecule has 12 heavy (non-hydrogen) atoms. The Morgan fingerprint density at radius 1 is 1.58 bits per heavy atom. The number of ketones is 1. The van der Waals surface area contributed by atoms with E-state index in [1.54, 1.807) is 7.11 Å². The maximum Gasteiger partial charge on any atom is 0.149 e. The van der Waals surface area contributed by atoms with Crippen molar-refractivity contribution in [2.24, 2.45) is 5.92 Å². The van der Waals surface area contributed by atoms with E-state index in [0.717, 1.165) is 13.0 Å². The fraction of sp³-hybridized carbons (Fsp3) is 0.889. The summed E-state index contributed by atoms with van der Waals surface area (Å²) in [6, 6.07) is 0. The predicted molar refractivity (Wildman–Crippen MR) is 49.2 cm³/mol. The first-order valence-corrected chi connectivity index (χ1v) is 4.44. The zero-order valence-electron chi connectivity index (χ0n) is 8.22. The monoisotopic (exact) mass is 173 g/mol. The summed E-state index contributed by atoms with van der Waals surface area (Å²) < 4.78 is 4.84. The summed E-state index contributed by atoms with van der Waals surface area (Å²) in [6.45, 7) is 5.86. The number of Topliss-reactive ketones (excluding diaryl/α,β-unsaturated/α-hetero) is 1. The van der Waals surface area contributed by atoms with Gasteiger partial charge in [0.25, 0.3) is 0 Å². The molecular formula is C9H19NO2. The van der Waals surface area contributed by atoms with Gasteiger partial charge in [-0.15, -0.1) is 0 Å². The van der Waals surface area contributed by atoms with Crippen LogP contribution >= 0.6 is 0 Å². The van der Waals surface area contributed by atoms with Gasteiger partial charge in [-0.05, 0) is 6.42 Å². The molecule has 0 bridgehead atoms. The highest BCUT2D eigenvalue weighted by atomic mass is 16.5. The average Bonchev–Trinajstić information content (AvgIpc) is 2.10. The van der Waals surface area contributed by atoms with Gasteiger partial charge in [0.1, 0.15) is 5.78 Å². The quantitative estimate of drug-likeness (QED) is 0.580. The van der Waals surface area contributed by atoms with E-state index in [1.807, 2.05) is 13.8 Å². The van der Waals surface area contributed by atoms with Crippen LogP contribution < -0.4 is 5.32 Å². The number of hydrogen-bond donors (Lipinski definition) is 1. The van der Waals surface area contributed by atoms with Gasteiger partial charge < -0.3 is 10.1 Å². The van der Waals surface area contributed by atoms with Gasteiger partial charge in [-0.25, -0.2) is 0 Å². The van der Waals surface area contributed by atoms with E-state index in [0.29, 0.717) is 13.2 Å². The van der Waals surface area contributed by atoms with Gasteiger partial charge in [0.05, 0.1) is 13.2 Å². The molecule has 0 aliphatic carbocycles. The number of nitrogens with one attached hydrogen (secondary N) is 1. The smallest absolute Gasteiger partial charge is 0.149 e. The van der Waals surface area contributed by atoms with Crippen LogP contribution in [0.25, 0.3) is 0 Å². The first-order valence-electron chi connectivity index (χ1n) is 4.44. The van der Waals surface area contributed by atoms with Gasteiger partial charge in [0, 0.05) is 19.6 Å². The summed E-state index contributed by atoms with van der Waals surface area (Å²) in [5, 5.41) is 3.03. The normalized spacial score (nSPS) is 12.9. The molecule has 3 nitrogen and oxygen atoms in total. The summed E-state index contributed by atoms with van der Waals surface area (Å²) in [5.74, 6) is 0.466. The molecule has 0 aliphatic rings. The lowest BCUT2D eigenvalue weighted by atomic mass is 10.0. The molecular weight excluding hydrogens is 154 g/mol. The van der Waals surface area contributed by atoms with E-state index < -0.39 is 0 Å². The second-order valence-electron chi connectivity index (χ2n) is 2.95. The topological polar surface area (TPSA) is 38.3 Å². The number of ether oxygens (including phenoxy) is 1. The SMILES string of the molecule is CCC(C)C(=O)CNCCOC. The molecule has 1 atom stereocenters. The van der Waals surface area contributed by atoms with E-state index in [9.17, 15) is 4.79 Å². The molecule has 0 heterocycles. The minimum absolute atomic E-state index is 0.181. The maximum atomic E-state index is 11.2. The van der Waals surface area contributed by atoms with Crippen molar-refractivity contribution in [3.05, 3.63) is 0 Å². The second-order valence-corrected chi connectivity index (χ2v) is 2.95. The van der Waals surface area contributed by atoms with Crippen molar-refractivity contribution >= 4 is 5.78 Å². The summed E-state index contributed by atoms with van der Waals surface area (Å²) in [6.07, 6.45) is 0.921. The third-order valence-electron chi connectivity index (χ3n) is 1.94. The molecule has 0 aromatic heterocycles. The van der Waals surface area contributed by atoms with Crippen molar-refractivity contribution in [1.82, 2.24) is 5.32 Å². The van der Waals surface area contributed by atoms with Crippen LogP contribution in [-0.2, 0) is 9.53 Å². The molecule has 0 amide bonds. The van der Waals surface area contributed by atoms with E-state index in [-0.39, 0.29) is 11.7 Å². The average molecular weight is 173 g/mol. The first-order chi connectivity index (χ1) is 5.72. The number of carbonyl (C=O) groups excluding carboxylic acids is 1. The van der Waals surface area contributed by atoms with Crippen molar-refractivity contribution in [1.29, 1.82) is 0 Å². The second kappa shape index (κ2) is 7.25. The van der Waals surface area contributed by atoms with Gasteiger partial charge in [0.15, 0.2) is 0 Å². The van der Waals surface area contributed by atoms with Crippen molar-refractivity contribution < 1.29 is 9.53 Å². The van der Waals surface area contributed by atoms with Crippen LogP contribution in [-0.4, -0.2) is 32.6 Å². The Labute approximate surface area is 74.5 Å². The summed E-state index contributed by atoms with van der Waals surface area (Å²) in [4.78, 5) is 11.2. The van der Waals surface area contributed by atoms with Gasteiger partial charge in [-0.2, -0.15) is 0 Å². The number of carbonyl (C=O) groups is 1. The lowest BCUT2D eigenvalue weighted by molar-refractivity contribution is -0.121. The summed E-state index contributed by atoms with van der Waals surface area (Å²) in [7, 11) is 1.65. The predicted octanol–water partition coefficient (Wildman–Crippen LogP) is 0.838. The molecule has 1 unspecified atom stereocenters. The van der Waals surface area contributed by atoms with Crippen LogP contribution in [0.4, 0.5) is 0 Å². The number of methoxy groups -OCH3 is 1. The lowest BCUT2D eigenvalue weighted by Gasteiger charge is -2.07. The van der Waals surface area contributed by atoms with Crippen LogP contribution in [0.5, 0.6) is 0 Å². The van der Waals surface area contributed by atoms with Gasteiger partial charge in [-0.1, -0.05) is 13.8 Å². The molecule has 0 aliphatic heterocycles. The molecule has 0 spiro atoms.